The van der Waals surface area contributed by atoms with E-state index < -0.39 is 0 Å². The van der Waals surface area contributed by atoms with Gasteiger partial charge >= 0.3 is 0 Å². The summed E-state index contributed by atoms with van der Waals surface area (Å²) in [5, 5.41) is 3.43. The highest BCUT2D eigenvalue weighted by Gasteiger charge is 2.21. The average molecular weight is 425 g/mol. The van der Waals surface area contributed by atoms with Gasteiger partial charge in [-0.3, -0.25) is 0 Å². The lowest BCUT2D eigenvalue weighted by atomic mass is 9.91. The molecule has 5 heteroatoms. The van der Waals surface area contributed by atoms with Crippen molar-refractivity contribution in [1.29, 1.82) is 0 Å². The summed E-state index contributed by atoms with van der Waals surface area (Å²) in [4.78, 5) is 4.61. The Morgan fingerprint density at radius 2 is 1.82 bits per heavy atom. The molecule has 22 heavy (non-hydrogen) atoms. The van der Waals surface area contributed by atoms with Crippen molar-refractivity contribution in [3.05, 3.63) is 59.2 Å². The van der Waals surface area contributed by atoms with Crippen LogP contribution >= 0.6 is 34.0 Å². The highest BCUT2D eigenvalue weighted by atomic mass is 79.9. The summed E-state index contributed by atoms with van der Waals surface area (Å²) in [6, 6.07) is 8.61. The number of nitrogens with zero attached hydrogens (tertiary/aromatic N) is 2. The molecule has 116 valence electrons. The Morgan fingerprint density at radius 1 is 1.05 bits per heavy atom. The quantitative estimate of drug-likeness (QED) is 0.587. The van der Waals surface area contributed by atoms with Crippen molar-refractivity contribution in [2.24, 2.45) is 0 Å². The number of imidazole rings is 1. The van der Waals surface area contributed by atoms with Crippen LogP contribution in [0.15, 0.2) is 42.2 Å². The number of halogens is 2. The molecule has 3 heterocycles. The lowest BCUT2D eigenvalue weighted by molar-refractivity contribution is 0.611. The van der Waals surface area contributed by atoms with E-state index in [-0.39, 0.29) is 34.0 Å². The number of hydrogen-bond acceptors (Lipinski definition) is 2. The van der Waals surface area contributed by atoms with Crippen LogP contribution in [0.5, 0.6) is 0 Å². The molecule has 1 saturated heterocycles. The fraction of sp³-hybridized carbons (Fsp3) is 0.235. The topological polar surface area (TPSA) is 29.9 Å². The van der Waals surface area contributed by atoms with Crippen molar-refractivity contribution in [3.8, 4) is 0 Å². The van der Waals surface area contributed by atoms with Crippen LogP contribution in [0, 0.1) is 0 Å². The van der Waals surface area contributed by atoms with Crippen LogP contribution in [0.25, 0.3) is 17.8 Å². The molecule has 0 aliphatic carbocycles. The molecule has 0 saturated carbocycles. The van der Waals surface area contributed by atoms with Gasteiger partial charge in [0.25, 0.3) is 0 Å². The van der Waals surface area contributed by atoms with Crippen molar-refractivity contribution in [3.63, 3.8) is 0 Å². The summed E-state index contributed by atoms with van der Waals surface area (Å²) in [5.74, 6) is 1.07. The van der Waals surface area contributed by atoms with Crippen molar-refractivity contribution in [1.82, 2.24) is 14.9 Å². The molecule has 1 fully saturated rings. The van der Waals surface area contributed by atoms with Gasteiger partial charge in [0, 0.05) is 24.2 Å². The predicted molar refractivity (Wildman–Crippen MR) is 103 cm³/mol. The molecule has 2 aliphatic rings. The number of piperidine rings is 1. The van der Waals surface area contributed by atoms with Gasteiger partial charge in [-0.1, -0.05) is 29.8 Å². The Labute approximate surface area is 151 Å². The molecule has 4 rings (SSSR count). The summed E-state index contributed by atoms with van der Waals surface area (Å²) >= 11 is 0. The van der Waals surface area contributed by atoms with E-state index >= 15 is 0 Å². The Hall–Kier alpha value is -1.17. The molecule has 1 aromatic carbocycles. The molecule has 0 unspecified atom stereocenters. The van der Waals surface area contributed by atoms with Crippen LogP contribution in [-0.4, -0.2) is 22.6 Å². The van der Waals surface area contributed by atoms with E-state index in [4.69, 9.17) is 0 Å². The lowest BCUT2D eigenvalue weighted by Crippen LogP contribution is -2.24. The van der Waals surface area contributed by atoms with Crippen LogP contribution in [0.3, 0.4) is 0 Å². The third-order valence-corrected chi connectivity index (χ3v) is 4.10. The predicted octanol–water partition coefficient (Wildman–Crippen LogP) is 4.17. The first kappa shape index (κ1) is 17.2. The zero-order valence-electron chi connectivity index (χ0n) is 12.2. The summed E-state index contributed by atoms with van der Waals surface area (Å²) < 4.78 is 2.13. The van der Waals surface area contributed by atoms with Crippen LogP contribution in [0.2, 0.25) is 0 Å². The van der Waals surface area contributed by atoms with Gasteiger partial charge in [0.05, 0.1) is 0 Å². The molecule has 1 N–H and O–H groups in total. The van der Waals surface area contributed by atoms with Gasteiger partial charge in [-0.25, -0.2) is 4.98 Å². The molecule has 0 bridgehead atoms. The van der Waals surface area contributed by atoms with Gasteiger partial charge in [-0.2, -0.15) is 0 Å². The smallest absolute Gasteiger partial charge is 0.144 e. The van der Waals surface area contributed by atoms with Gasteiger partial charge < -0.3 is 9.88 Å². The van der Waals surface area contributed by atoms with Crippen LogP contribution in [-0.2, 0) is 0 Å². The second-order valence-electron chi connectivity index (χ2n) is 5.29. The number of nitrogens with one attached hydrogen (secondary N) is 1. The van der Waals surface area contributed by atoms with Crippen LogP contribution < -0.4 is 5.32 Å². The first-order chi connectivity index (χ1) is 9.93. The van der Waals surface area contributed by atoms with Crippen LogP contribution in [0.4, 0.5) is 0 Å². The molecular formula is C17H19Br2N3. The fourth-order valence-electron chi connectivity index (χ4n) is 3.11. The van der Waals surface area contributed by atoms with Gasteiger partial charge in [0.15, 0.2) is 0 Å². The molecule has 2 aliphatic heterocycles. The normalized spacial score (nSPS) is 16.0. The van der Waals surface area contributed by atoms with Gasteiger partial charge in [0.2, 0.25) is 0 Å². The zero-order chi connectivity index (χ0) is 13.4. The molecule has 0 spiro atoms. The number of rotatable bonds is 0. The monoisotopic (exact) mass is 423 g/mol. The minimum absolute atomic E-state index is 0. The highest BCUT2D eigenvalue weighted by molar-refractivity contribution is 8.93. The van der Waals surface area contributed by atoms with Crippen LogP contribution in [0.1, 0.15) is 29.8 Å². The van der Waals surface area contributed by atoms with E-state index in [1.807, 2.05) is 12.4 Å². The summed E-state index contributed by atoms with van der Waals surface area (Å²) in [6.45, 7) is 2.13. The van der Waals surface area contributed by atoms with E-state index in [1.54, 1.807) is 0 Å². The van der Waals surface area contributed by atoms with Crippen molar-refractivity contribution in [2.75, 3.05) is 13.1 Å². The molecule has 3 nitrogen and oxygen atoms in total. The van der Waals surface area contributed by atoms with E-state index in [2.05, 4.69) is 51.4 Å². The number of hydrogen-bond donors (Lipinski definition) is 1. The molecule has 0 amide bonds. The maximum absolute atomic E-state index is 4.61. The summed E-state index contributed by atoms with van der Waals surface area (Å²) in [6.07, 6.45) is 10.4. The molecule has 0 atom stereocenters. The fourth-order valence-corrected chi connectivity index (χ4v) is 3.11. The Balaban J connectivity index is 0.000000882. The second kappa shape index (κ2) is 7.40. The Bertz CT molecular complexity index is 708. The molecule has 2 aromatic rings. The van der Waals surface area contributed by atoms with E-state index in [1.165, 1.54) is 22.3 Å². The standard InChI is InChI=1S/C17H17N3.2BrH/c1-2-4-15-13(3-1)7-11-20-12-10-19-17(20)16(15)14-5-8-18-9-6-14;;/h1-4,7,10-12,18H,5-6,8-9H2;2*1H. The van der Waals surface area contributed by atoms with Gasteiger partial charge in [-0.05, 0) is 43.1 Å². The minimum atomic E-state index is 0. The van der Waals surface area contributed by atoms with Crippen molar-refractivity contribution >= 4 is 51.8 Å². The largest absolute Gasteiger partial charge is 0.316 e. The maximum Gasteiger partial charge on any atom is 0.144 e. The van der Waals surface area contributed by atoms with Crippen molar-refractivity contribution < 1.29 is 0 Å². The van der Waals surface area contributed by atoms with E-state index in [0.717, 1.165) is 31.8 Å². The number of fused-ring (bicyclic) bond motifs is 2. The summed E-state index contributed by atoms with van der Waals surface area (Å²) in [5.41, 5.74) is 5.44. The first-order valence-corrected chi connectivity index (χ1v) is 7.17. The average Bonchev–Trinajstić information content (AvgIpc) is 2.90. The molecule has 0 radical (unpaired) electrons. The molecular weight excluding hydrogens is 406 g/mol. The highest BCUT2D eigenvalue weighted by Crippen LogP contribution is 2.34. The van der Waals surface area contributed by atoms with Gasteiger partial charge in [-0.15, -0.1) is 34.0 Å². The molecule has 1 aromatic heterocycles. The number of aromatic nitrogens is 2. The third kappa shape index (κ3) is 2.98. The minimum Gasteiger partial charge on any atom is -0.316 e. The maximum atomic E-state index is 4.61. The van der Waals surface area contributed by atoms with E-state index in [0.29, 0.717) is 0 Å². The Kier molecular flexibility index (Phi) is 5.78. The van der Waals surface area contributed by atoms with Crippen molar-refractivity contribution in [2.45, 2.75) is 12.8 Å². The zero-order valence-corrected chi connectivity index (χ0v) is 15.6. The Morgan fingerprint density at radius 3 is 2.64 bits per heavy atom. The second-order valence-corrected chi connectivity index (χ2v) is 5.29. The third-order valence-electron chi connectivity index (χ3n) is 4.10. The SMILES string of the molecule is Br.Br.C1=Cn2ccnc2C(=C2CCNCC2)c2ccccc21. The lowest BCUT2D eigenvalue weighted by Gasteiger charge is -2.20. The summed E-state index contributed by atoms with van der Waals surface area (Å²) in [7, 11) is 0. The number of benzene rings is 1. The van der Waals surface area contributed by atoms with E-state index in [9.17, 15) is 0 Å². The van der Waals surface area contributed by atoms with Gasteiger partial charge in [0.1, 0.15) is 5.82 Å². The first-order valence-electron chi connectivity index (χ1n) is 7.17.